The maximum atomic E-state index is 11.5. The van der Waals surface area contributed by atoms with Gasteiger partial charge in [-0.3, -0.25) is 9.59 Å². The van der Waals surface area contributed by atoms with Gasteiger partial charge < -0.3 is 24.7 Å². The van der Waals surface area contributed by atoms with E-state index >= 15 is 0 Å². The molecule has 0 saturated carbocycles. The minimum atomic E-state index is -0.912. The molecule has 2 unspecified atom stereocenters. The summed E-state index contributed by atoms with van der Waals surface area (Å²) in [4.78, 5) is 27.0. The number of hydrogen-bond acceptors (Lipinski definition) is 6. The molecule has 0 bridgehead atoms. The number of nitriles is 1. The molecule has 0 radical (unpaired) electrons. The molecule has 0 aromatic heterocycles. The van der Waals surface area contributed by atoms with Crippen molar-refractivity contribution in [1.82, 2.24) is 0 Å². The molecular weight excluding hydrogens is 554 g/mol. The Balaban J connectivity index is 1.49. The Morgan fingerprint density at radius 3 is 2.50 bits per heavy atom. The first-order valence-corrected chi connectivity index (χ1v) is 15.0. The van der Waals surface area contributed by atoms with Crippen molar-refractivity contribution in [3.8, 4) is 11.8 Å². The van der Waals surface area contributed by atoms with Crippen LogP contribution in [0.1, 0.15) is 51.5 Å². The second kappa shape index (κ2) is 13.1. The van der Waals surface area contributed by atoms with Crippen molar-refractivity contribution in [1.29, 1.82) is 5.26 Å². The first-order valence-electron chi connectivity index (χ1n) is 15.0. The first-order chi connectivity index (χ1) is 21.3. The molecule has 0 amide bonds. The average Bonchev–Trinajstić information content (AvgIpc) is 3.50. The summed E-state index contributed by atoms with van der Waals surface area (Å²) in [6.45, 7) is 4.95. The minimum absolute atomic E-state index is 0.00827. The monoisotopic (exact) mass is 591 g/mol. The number of benzene rings is 3. The number of allylic oxidation sites excluding steroid dienone is 4. The van der Waals surface area contributed by atoms with Crippen molar-refractivity contribution in [2.24, 2.45) is 0 Å². The highest BCUT2D eigenvalue weighted by Crippen LogP contribution is 2.49. The van der Waals surface area contributed by atoms with E-state index in [0.717, 1.165) is 41.4 Å². The predicted octanol–water partition coefficient (Wildman–Crippen LogP) is 7.17. The number of unbranched alkanes of at least 4 members (excludes halogenated alkanes) is 1. The number of hydrogen-bond donors (Lipinski definition) is 2. The molecule has 8 nitrogen and oxygen atoms in total. The van der Waals surface area contributed by atoms with Crippen LogP contribution in [0.5, 0.6) is 5.75 Å². The summed E-state index contributed by atoms with van der Waals surface area (Å²) in [7, 11) is 0. The van der Waals surface area contributed by atoms with E-state index in [2.05, 4.69) is 30.9 Å². The number of para-hydroxylation sites is 1. The molecule has 3 aromatic rings. The van der Waals surface area contributed by atoms with Gasteiger partial charge in [-0.15, -0.1) is 0 Å². The third kappa shape index (κ3) is 6.04. The summed E-state index contributed by atoms with van der Waals surface area (Å²) in [5.74, 6) is -0.685. The van der Waals surface area contributed by atoms with Gasteiger partial charge in [0.25, 0.3) is 0 Å². The number of ether oxygens (including phenoxy) is 1. The van der Waals surface area contributed by atoms with E-state index in [9.17, 15) is 25.1 Å². The Morgan fingerprint density at radius 2 is 1.75 bits per heavy atom. The van der Waals surface area contributed by atoms with Gasteiger partial charge in [0.1, 0.15) is 0 Å². The van der Waals surface area contributed by atoms with Crippen LogP contribution < -0.4 is 14.5 Å². The molecule has 8 heteroatoms. The topological polar surface area (TPSA) is 114 Å². The predicted molar refractivity (Wildman–Crippen MR) is 172 cm³/mol. The van der Waals surface area contributed by atoms with Gasteiger partial charge in [-0.1, -0.05) is 81.3 Å². The molecule has 3 aromatic carbocycles. The van der Waals surface area contributed by atoms with Crippen LogP contribution in [0.2, 0.25) is 0 Å². The van der Waals surface area contributed by atoms with Crippen molar-refractivity contribution in [2.45, 2.75) is 57.4 Å². The zero-order chi connectivity index (χ0) is 31.3. The van der Waals surface area contributed by atoms with Crippen molar-refractivity contribution < 1.29 is 24.5 Å². The number of aliphatic carboxylic acids is 2. The molecule has 5 rings (SSSR count). The van der Waals surface area contributed by atoms with Crippen LogP contribution in [0.15, 0.2) is 96.4 Å². The van der Waals surface area contributed by atoms with Crippen molar-refractivity contribution in [2.75, 3.05) is 22.9 Å². The van der Waals surface area contributed by atoms with Crippen molar-refractivity contribution in [3.05, 3.63) is 102 Å². The number of rotatable bonds is 12. The maximum Gasteiger partial charge on any atom is 0.305 e. The van der Waals surface area contributed by atoms with Gasteiger partial charge in [0.05, 0.1) is 36.2 Å². The standard InChI is InChI=1S/C36H37N3O5/c1-3-4-21-36(2)28-11-7-8-12-29(28)38(22-19-33(40)41)31(36)17-13-25(24-37)14-18-32-39(23-20-34(42)43)35-27-10-6-5-9-26(27)15-16-30(35)44-32/h5-18,31H,3-4,19-23H2,1-2H3,(H,40,41)(H,42,43)/b17-13+,25-14-,32-18-. The summed E-state index contributed by atoms with van der Waals surface area (Å²) < 4.78 is 6.18. The fourth-order valence-electron chi connectivity index (χ4n) is 6.39. The highest BCUT2D eigenvalue weighted by atomic mass is 16.5. The number of carboxylic acid groups (broad SMARTS) is 2. The third-order valence-corrected chi connectivity index (χ3v) is 8.59. The molecule has 2 heterocycles. The Morgan fingerprint density at radius 1 is 1.02 bits per heavy atom. The van der Waals surface area contributed by atoms with E-state index in [1.165, 1.54) is 5.56 Å². The zero-order valence-corrected chi connectivity index (χ0v) is 25.1. The summed E-state index contributed by atoms with van der Waals surface area (Å²) >= 11 is 0. The molecule has 44 heavy (non-hydrogen) atoms. The molecule has 0 aliphatic carbocycles. The van der Waals surface area contributed by atoms with E-state index in [1.807, 2.05) is 65.6 Å². The smallest absolute Gasteiger partial charge is 0.305 e. The highest BCUT2D eigenvalue weighted by Gasteiger charge is 2.45. The lowest BCUT2D eigenvalue weighted by atomic mass is 9.74. The summed E-state index contributed by atoms with van der Waals surface area (Å²) in [5.41, 5.74) is 3.17. The van der Waals surface area contributed by atoms with Crippen LogP contribution in [0.4, 0.5) is 11.4 Å². The lowest BCUT2D eigenvalue weighted by molar-refractivity contribution is -0.137. The van der Waals surface area contributed by atoms with E-state index in [4.69, 9.17) is 4.74 Å². The molecule has 2 aliphatic heterocycles. The van der Waals surface area contributed by atoms with Gasteiger partial charge in [0.15, 0.2) is 5.75 Å². The first kappa shape index (κ1) is 30.4. The van der Waals surface area contributed by atoms with Crippen LogP contribution in [0.25, 0.3) is 10.8 Å². The lowest BCUT2D eigenvalue weighted by Crippen LogP contribution is -2.42. The Hall–Kier alpha value is -5.03. The van der Waals surface area contributed by atoms with E-state index < -0.39 is 11.9 Å². The largest absolute Gasteiger partial charge is 0.481 e. The number of carbonyl (C=O) groups is 2. The molecule has 0 spiro atoms. The van der Waals surface area contributed by atoms with Crippen LogP contribution >= 0.6 is 0 Å². The zero-order valence-electron chi connectivity index (χ0n) is 25.1. The number of nitrogens with zero attached hydrogens (tertiary/aromatic N) is 3. The van der Waals surface area contributed by atoms with Crippen LogP contribution in [-0.2, 0) is 15.0 Å². The van der Waals surface area contributed by atoms with Gasteiger partial charge >= 0.3 is 11.9 Å². The fourth-order valence-corrected chi connectivity index (χ4v) is 6.39. The second-order valence-corrected chi connectivity index (χ2v) is 11.4. The molecule has 0 fully saturated rings. The van der Waals surface area contributed by atoms with Crippen LogP contribution in [-0.4, -0.2) is 41.3 Å². The number of carboxylic acids is 2. The Kier molecular flexibility index (Phi) is 9.05. The van der Waals surface area contributed by atoms with Crippen molar-refractivity contribution in [3.63, 3.8) is 0 Å². The SMILES string of the molecule is CCCCC1(C)c2ccccc2N(CCC(=O)O)C1/C=C/C(C#N)=C/C=C1\Oc2ccc3ccccc3c2N1CCC(=O)O. The van der Waals surface area contributed by atoms with Gasteiger partial charge in [-0.2, -0.15) is 5.26 Å². The fraction of sp³-hybridized carbons (Fsp3) is 0.306. The van der Waals surface area contributed by atoms with Crippen molar-refractivity contribution >= 4 is 34.1 Å². The van der Waals surface area contributed by atoms with E-state index in [0.29, 0.717) is 23.8 Å². The molecular formula is C36H37N3O5. The molecule has 2 N–H and O–H groups in total. The van der Waals surface area contributed by atoms with Gasteiger partial charge in [-0.05, 0) is 41.7 Å². The molecule has 2 atom stereocenters. The Bertz CT molecular complexity index is 1700. The number of fused-ring (bicyclic) bond motifs is 4. The van der Waals surface area contributed by atoms with Crippen LogP contribution in [0.3, 0.4) is 0 Å². The van der Waals surface area contributed by atoms with Gasteiger partial charge in [-0.25, -0.2) is 0 Å². The molecule has 226 valence electrons. The summed E-state index contributed by atoms with van der Waals surface area (Å²) in [5, 5.41) is 31.0. The summed E-state index contributed by atoms with van der Waals surface area (Å²) in [6.07, 6.45) is 10.1. The average molecular weight is 592 g/mol. The minimum Gasteiger partial charge on any atom is -0.481 e. The lowest BCUT2D eigenvalue weighted by Gasteiger charge is -2.35. The van der Waals surface area contributed by atoms with Crippen LogP contribution in [0, 0.1) is 11.3 Å². The Labute approximate surface area is 257 Å². The summed E-state index contributed by atoms with van der Waals surface area (Å²) in [6, 6.07) is 22.0. The third-order valence-electron chi connectivity index (χ3n) is 8.59. The highest BCUT2D eigenvalue weighted by molar-refractivity contribution is 5.99. The normalized spacial score (nSPS) is 20.2. The molecule has 0 saturated heterocycles. The van der Waals surface area contributed by atoms with Gasteiger partial charge in [0.2, 0.25) is 5.88 Å². The van der Waals surface area contributed by atoms with Gasteiger partial charge in [0, 0.05) is 35.7 Å². The number of anilines is 2. The van der Waals surface area contributed by atoms with E-state index in [-0.39, 0.29) is 30.8 Å². The van der Waals surface area contributed by atoms with E-state index in [1.54, 1.807) is 18.2 Å². The maximum absolute atomic E-state index is 11.5. The quantitative estimate of drug-likeness (QED) is 0.168. The second-order valence-electron chi connectivity index (χ2n) is 11.4. The molecule has 2 aliphatic rings.